The SMILES string of the molecule is COc1ccc(N2CCN(c3cc(C)nc(NC(C)C)n3)CC2)cc1. The number of anilines is 3. The molecule has 3 rings (SSSR count). The van der Waals surface area contributed by atoms with Gasteiger partial charge in [-0.15, -0.1) is 0 Å². The van der Waals surface area contributed by atoms with Gasteiger partial charge in [-0.2, -0.15) is 4.98 Å². The molecular formula is C19H27N5O. The topological polar surface area (TPSA) is 53.5 Å². The van der Waals surface area contributed by atoms with Gasteiger partial charge >= 0.3 is 0 Å². The number of methoxy groups -OCH3 is 1. The lowest BCUT2D eigenvalue weighted by molar-refractivity contribution is 0.415. The Morgan fingerprint density at radius 3 is 2.24 bits per heavy atom. The van der Waals surface area contributed by atoms with Crippen molar-refractivity contribution in [3.8, 4) is 5.75 Å². The number of nitrogens with zero attached hydrogens (tertiary/aromatic N) is 4. The molecule has 2 aromatic rings. The van der Waals surface area contributed by atoms with E-state index in [1.807, 2.05) is 19.1 Å². The van der Waals surface area contributed by atoms with Crippen molar-refractivity contribution >= 4 is 17.5 Å². The Morgan fingerprint density at radius 2 is 1.64 bits per heavy atom. The third-order valence-corrected chi connectivity index (χ3v) is 4.30. The molecule has 1 N–H and O–H groups in total. The van der Waals surface area contributed by atoms with E-state index in [1.165, 1.54) is 5.69 Å². The van der Waals surface area contributed by atoms with E-state index < -0.39 is 0 Å². The predicted octanol–water partition coefficient (Wildman–Crippen LogP) is 2.94. The van der Waals surface area contributed by atoms with Crippen molar-refractivity contribution < 1.29 is 4.74 Å². The minimum absolute atomic E-state index is 0.321. The molecule has 6 heteroatoms. The van der Waals surface area contributed by atoms with Crippen LogP contribution in [0.25, 0.3) is 0 Å². The minimum atomic E-state index is 0.321. The Kier molecular flexibility index (Phi) is 5.26. The van der Waals surface area contributed by atoms with E-state index in [-0.39, 0.29) is 0 Å². The molecule has 0 spiro atoms. The Hall–Kier alpha value is -2.50. The van der Waals surface area contributed by atoms with Crippen molar-refractivity contribution in [3.63, 3.8) is 0 Å². The number of hydrogen-bond donors (Lipinski definition) is 1. The second-order valence-corrected chi connectivity index (χ2v) is 6.66. The summed E-state index contributed by atoms with van der Waals surface area (Å²) in [6.45, 7) is 10.1. The second kappa shape index (κ2) is 7.59. The number of piperazine rings is 1. The monoisotopic (exact) mass is 341 g/mol. The van der Waals surface area contributed by atoms with Gasteiger partial charge in [-0.05, 0) is 45.0 Å². The molecule has 134 valence electrons. The molecule has 1 saturated heterocycles. The Morgan fingerprint density at radius 1 is 1.00 bits per heavy atom. The van der Waals surface area contributed by atoms with Gasteiger partial charge < -0.3 is 19.9 Å². The molecular weight excluding hydrogens is 314 g/mol. The van der Waals surface area contributed by atoms with Crippen LogP contribution in [0.2, 0.25) is 0 Å². The third-order valence-electron chi connectivity index (χ3n) is 4.30. The van der Waals surface area contributed by atoms with Crippen molar-refractivity contribution in [1.82, 2.24) is 9.97 Å². The summed E-state index contributed by atoms with van der Waals surface area (Å²) in [5.74, 6) is 2.61. The number of rotatable bonds is 5. The third kappa shape index (κ3) is 4.32. The highest BCUT2D eigenvalue weighted by atomic mass is 16.5. The van der Waals surface area contributed by atoms with Crippen LogP contribution >= 0.6 is 0 Å². The van der Waals surface area contributed by atoms with E-state index in [0.29, 0.717) is 12.0 Å². The molecule has 1 aliphatic heterocycles. The molecule has 25 heavy (non-hydrogen) atoms. The summed E-state index contributed by atoms with van der Waals surface area (Å²) in [5.41, 5.74) is 2.23. The molecule has 0 amide bonds. The van der Waals surface area contributed by atoms with E-state index >= 15 is 0 Å². The van der Waals surface area contributed by atoms with E-state index in [1.54, 1.807) is 7.11 Å². The maximum Gasteiger partial charge on any atom is 0.225 e. The van der Waals surface area contributed by atoms with Crippen LogP contribution in [0.3, 0.4) is 0 Å². The molecule has 1 fully saturated rings. The van der Waals surface area contributed by atoms with Gasteiger partial charge in [0.2, 0.25) is 5.95 Å². The first-order chi connectivity index (χ1) is 12.0. The molecule has 2 heterocycles. The largest absolute Gasteiger partial charge is 0.497 e. The zero-order chi connectivity index (χ0) is 17.8. The van der Waals surface area contributed by atoms with Gasteiger partial charge in [0.25, 0.3) is 0 Å². The molecule has 0 radical (unpaired) electrons. The Bertz CT molecular complexity index is 693. The fourth-order valence-electron chi connectivity index (χ4n) is 3.02. The van der Waals surface area contributed by atoms with Crippen molar-refractivity contribution in [2.75, 3.05) is 48.4 Å². The first kappa shape index (κ1) is 17.3. The summed E-state index contributed by atoms with van der Waals surface area (Å²) < 4.78 is 5.23. The number of ether oxygens (including phenoxy) is 1. The lowest BCUT2D eigenvalue weighted by Crippen LogP contribution is -2.47. The van der Waals surface area contributed by atoms with Gasteiger partial charge in [-0.3, -0.25) is 0 Å². The van der Waals surface area contributed by atoms with Crippen LogP contribution < -0.4 is 19.9 Å². The van der Waals surface area contributed by atoms with Crippen LogP contribution in [0.4, 0.5) is 17.5 Å². The van der Waals surface area contributed by atoms with Gasteiger partial charge in [0.15, 0.2) is 0 Å². The highest BCUT2D eigenvalue weighted by Gasteiger charge is 2.19. The summed E-state index contributed by atoms with van der Waals surface area (Å²) in [6.07, 6.45) is 0. The van der Waals surface area contributed by atoms with Gasteiger partial charge in [-0.1, -0.05) is 0 Å². The average molecular weight is 341 g/mol. The van der Waals surface area contributed by atoms with E-state index in [0.717, 1.165) is 43.4 Å². The quantitative estimate of drug-likeness (QED) is 0.902. The maximum absolute atomic E-state index is 5.23. The fourth-order valence-corrected chi connectivity index (χ4v) is 3.02. The van der Waals surface area contributed by atoms with Gasteiger partial charge in [-0.25, -0.2) is 4.98 Å². The average Bonchev–Trinajstić information content (AvgIpc) is 2.61. The van der Waals surface area contributed by atoms with Crippen LogP contribution in [-0.2, 0) is 0 Å². The second-order valence-electron chi connectivity index (χ2n) is 6.66. The van der Waals surface area contributed by atoms with Crippen LogP contribution in [0.1, 0.15) is 19.5 Å². The summed E-state index contributed by atoms with van der Waals surface area (Å²) in [6, 6.07) is 10.6. The number of aromatic nitrogens is 2. The Labute approximate surface area is 149 Å². The van der Waals surface area contributed by atoms with Crippen LogP contribution in [0.15, 0.2) is 30.3 Å². The molecule has 0 atom stereocenters. The van der Waals surface area contributed by atoms with Gasteiger partial charge in [0.1, 0.15) is 11.6 Å². The predicted molar refractivity (Wildman–Crippen MR) is 103 cm³/mol. The normalized spacial score (nSPS) is 14.8. The van der Waals surface area contributed by atoms with Crippen LogP contribution in [0.5, 0.6) is 5.75 Å². The number of aryl methyl sites for hydroxylation is 1. The molecule has 6 nitrogen and oxygen atoms in total. The highest BCUT2D eigenvalue weighted by molar-refractivity contribution is 5.52. The zero-order valence-electron chi connectivity index (χ0n) is 15.5. The van der Waals surface area contributed by atoms with Crippen molar-refractivity contribution in [3.05, 3.63) is 36.0 Å². The molecule has 0 unspecified atom stereocenters. The Balaban J connectivity index is 1.66. The molecule has 1 aromatic heterocycles. The minimum Gasteiger partial charge on any atom is -0.497 e. The maximum atomic E-state index is 5.23. The number of hydrogen-bond acceptors (Lipinski definition) is 6. The van der Waals surface area contributed by atoms with Crippen molar-refractivity contribution in [2.45, 2.75) is 26.8 Å². The standard InChI is InChI=1S/C19H27N5O/c1-14(2)20-19-21-15(3)13-18(22-19)24-11-9-23(10-12-24)16-5-7-17(25-4)8-6-16/h5-8,13-14H,9-12H2,1-4H3,(H,20,21,22). The smallest absolute Gasteiger partial charge is 0.225 e. The summed E-state index contributed by atoms with van der Waals surface area (Å²) in [4.78, 5) is 13.9. The van der Waals surface area contributed by atoms with E-state index in [9.17, 15) is 0 Å². The lowest BCUT2D eigenvalue weighted by Gasteiger charge is -2.37. The van der Waals surface area contributed by atoms with E-state index in [2.05, 4.69) is 57.1 Å². The zero-order valence-corrected chi connectivity index (χ0v) is 15.5. The number of benzene rings is 1. The summed E-state index contributed by atoms with van der Waals surface area (Å²) in [7, 11) is 1.69. The highest BCUT2D eigenvalue weighted by Crippen LogP contribution is 2.23. The van der Waals surface area contributed by atoms with E-state index in [4.69, 9.17) is 4.74 Å². The van der Waals surface area contributed by atoms with Crippen LogP contribution in [0, 0.1) is 6.92 Å². The molecule has 0 bridgehead atoms. The molecule has 1 aliphatic rings. The summed E-state index contributed by atoms with van der Waals surface area (Å²) >= 11 is 0. The fraction of sp³-hybridized carbons (Fsp3) is 0.474. The van der Waals surface area contributed by atoms with Gasteiger partial charge in [0.05, 0.1) is 7.11 Å². The summed E-state index contributed by atoms with van der Waals surface area (Å²) in [5, 5.41) is 3.30. The number of nitrogens with one attached hydrogen (secondary N) is 1. The lowest BCUT2D eigenvalue weighted by atomic mass is 10.2. The van der Waals surface area contributed by atoms with Crippen molar-refractivity contribution in [2.24, 2.45) is 0 Å². The van der Waals surface area contributed by atoms with Crippen molar-refractivity contribution in [1.29, 1.82) is 0 Å². The first-order valence-corrected chi connectivity index (χ1v) is 8.81. The first-order valence-electron chi connectivity index (χ1n) is 8.81. The molecule has 1 aromatic carbocycles. The van der Waals surface area contributed by atoms with Gasteiger partial charge in [0, 0.05) is 49.7 Å². The van der Waals surface area contributed by atoms with Crippen LogP contribution in [-0.4, -0.2) is 49.3 Å². The molecule has 0 aliphatic carbocycles. The molecule has 0 saturated carbocycles.